The highest BCUT2D eigenvalue weighted by atomic mass is 127. The molecule has 3 heterocycles. The third-order valence-corrected chi connectivity index (χ3v) is 5.99. The molecule has 1 aromatic carbocycles. The maximum Gasteiger partial charge on any atom is 0.225 e. The van der Waals surface area contributed by atoms with Crippen LogP contribution in [-0.2, 0) is 4.74 Å². The smallest absolute Gasteiger partial charge is 0.225 e. The second kappa shape index (κ2) is 12.3. The van der Waals surface area contributed by atoms with Crippen molar-refractivity contribution >= 4 is 35.9 Å². The Morgan fingerprint density at radius 1 is 1.06 bits per heavy atom. The maximum atomic E-state index is 5.59. The lowest BCUT2D eigenvalue weighted by molar-refractivity contribution is 0.0169. The number of nitrogens with one attached hydrogen (secondary N) is 1. The Bertz CT molecular complexity index is 852. The average Bonchev–Trinajstić information content (AvgIpc) is 2.83. The van der Waals surface area contributed by atoms with Crippen molar-refractivity contribution in [2.45, 2.75) is 13.0 Å². The van der Waals surface area contributed by atoms with Crippen LogP contribution in [-0.4, -0.2) is 91.8 Å². The number of hydrogen-bond acceptors (Lipinski definition) is 6. The van der Waals surface area contributed by atoms with Crippen LogP contribution in [0.5, 0.6) is 0 Å². The Balaban J connectivity index is 0.00000289. The van der Waals surface area contributed by atoms with Crippen molar-refractivity contribution in [1.82, 2.24) is 25.1 Å². The Hall–Kier alpha value is -1.98. The van der Waals surface area contributed by atoms with Crippen molar-refractivity contribution in [2.75, 3.05) is 71.0 Å². The first-order valence-electron chi connectivity index (χ1n) is 11.1. The summed E-state index contributed by atoms with van der Waals surface area (Å²) in [6.07, 6.45) is 3.60. The van der Waals surface area contributed by atoms with Gasteiger partial charge < -0.3 is 19.9 Å². The fourth-order valence-electron chi connectivity index (χ4n) is 4.32. The van der Waals surface area contributed by atoms with Gasteiger partial charge >= 0.3 is 0 Å². The molecule has 2 fully saturated rings. The van der Waals surface area contributed by atoms with Gasteiger partial charge in [0.2, 0.25) is 5.95 Å². The van der Waals surface area contributed by atoms with Gasteiger partial charge in [0.05, 0.1) is 19.3 Å². The molecule has 9 heteroatoms. The number of benzene rings is 1. The standard InChI is InChI=1S/C23H33N7O.HI/c1-19-5-3-6-20(17-19)21(28-13-15-31-16-14-28)18-27-22(24-2)29-9-11-30(12-10-29)23-25-7-4-8-26-23;/h3-8,17,21H,9-16,18H2,1-2H3,(H,24,27);1H. The molecule has 0 aliphatic carbocycles. The van der Waals surface area contributed by atoms with Crippen molar-refractivity contribution in [3.63, 3.8) is 0 Å². The molecule has 32 heavy (non-hydrogen) atoms. The Kier molecular flexibility index (Phi) is 9.49. The number of guanidine groups is 1. The molecule has 0 bridgehead atoms. The van der Waals surface area contributed by atoms with Crippen LogP contribution in [0.4, 0.5) is 5.95 Å². The van der Waals surface area contributed by atoms with E-state index in [1.165, 1.54) is 11.1 Å². The van der Waals surface area contributed by atoms with Gasteiger partial charge in [-0.2, -0.15) is 0 Å². The molecule has 4 rings (SSSR count). The normalized spacial score (nSPS) is 18.8. The molecule has 1 N–H and O–H groups in total. The molecule has 0 saturated carbocycles. The van der Waals surface area contributed by atoms with E-state index >= 15 is 0 Å². The predicted octanol–water partition coefficient (Wildman–Crippen LogP) is 2.17. The summed E-state index contributed by atoms with van der Waals surface area (Å²) in [6.45, 7) is 10.0. The lowest BCUT2D eigenvalue weighted by atomic mass is 10.0. The Labute approximate surface area is 208 Å². The number of ether oxygens (including phenoxy) is 1. The van der Waals surface area contributed by atoms with Crippen molar-refractivity contribution in [1.29, 1.82) is 0 Å². The predicted molar refractivity (Wildman–Crippen MR) is 139 cm³/mol. The molecule has 0 radical (unpaired) electrons. The molecular weight excluding hydrogens is 517 g/mol. The summed E-state index contributed by atoms with van der Waals surface area (Å²) in [4.78, 5) is 20.4. The average molecular weight is 551 g/mol. The van der Waals surface area contributed by atoms with E-state index in [9.17, 15) is 0 Å². The van der Waals surface area contributed by atoms with Gasteiger partial charge in [-0.05, 0) is 18.6 Å². The molecule has 2 saturated heterocycles. The molecule has 1 atom stereocenters. The van der Waals surface area contributed by atoms with E-state index in [0.29, 0.717) is 6.04 Å². The first-order valence-corrected chi connectivity index (χ1v) is 11.1. The highest BCUT2D eigenvalue weighted by molar-refractivity contribution is 14.0. The molecule has 2 aliphatic heterocycles. The van der Waals surface area contributed by atoms with Crippen LogP contribution in [0.2, 0.25) is 0 Å². The van der Waals surface area contributed by atoms with Crippen molar-refractivity contribution in [3.05, 3.63) is 53.9 Å². The van der Waals surface area contributed by atoms with Crippen LogP contribution in [0.15, 0.2) is 47.7 Å². The third-order valence-electron chi connectivity index (χ3n) is 5.99. The Morgan fingerprint density at radius 2 is 1.78 bits per heavy atom. The van der Waals surface area contributed by atoms with E-state index < -0.39 is 0 Å². The van der Waals surface area contributed by atoms with E-state index in [4.69, 9.17) is 4.74 Å². The lowest BCUT2D eigenvalue weighted by Crippen LogP contribution is -2.54. The minimum Gasteiger partial charge on any atom is -0.379 e. The number of aliphatic imine (C=N–C) groups is 1. The van der Waals surface area contributed by atoms with Crippen LogP contribution in [0.1, 0.15) is 17.2 Å². The number of anilines is 1. The molecular formula is C23H34IN7O. The van der Waals surface area contributed by atoms with Gasteiger partial charge in [0.15, 0.2) is 5.96 Å². The highest BCUT2D eigenvalue weighted by Crippen LogP contribution is 2.22. The van der Waals surface area contributed by atoms with Crippen LogP contribution in [0.25, 0.3) is 0 Å². The summed E-state index contributed by atoms with van der Waals surface area (Å²) in [6, 6.07) is 11.0. The van der Waals surface area contributed by atoms with Crippen molar-refractivity contribution in [2.24, 2.45) is 4.99 Å². The largest absolute Gasteiger partial charge is 0.379 e. The van der Waals surface area contributed by atoms with Crippen LogP contribution in [0, 0.1) is 6.92 Å². The molecule has 2 aromatic rings. The highest BCUT2D eigenvalue weighted by Gasteiger charge is 2.25. The molecule has 2 aliphatic rings. The molecule has 0 amide bonds. The molecule has 0 spiro atoms. The number of nitrogens with zero attached hydrogens (tertiary/aromatic N) is 6. The second-order valence-corrected chi connectivity index (χ2v) is 8.03. The van der Waals surface area contributed by atoms with Gasteiger partial charge in [0.25, 0.3) is 0 Å². The van der Waals surface area contributed by atoms with Crippen molar-refractivity contribution < 1.29 is 4.74 Å². The fraction of sp³-hybridized carbons (Fsp3) is 0.522. The van der Waals surface area contributed by atoms with Gasteiger partial charge in [-0.3, -0.25) is 9.89 Å². The minimum atomic E-state index is 0. The lowest BCUT2D eigenvalue weighted by Gasteiger charge is -2.38. The maximum absolute atomic E-state index is 5.59. The number of rotatable bonds is 5. The second-order valence-electron chi connectivity index (χ2n) is 8.03. The monoisotopic (exact) mass is 551 g/mol. The first-order chi connectivity index (χ1) is 15.2. The molecule has 1 unspecified atom stereocenters. The minimum absolute atomic E-state index is 0. The Morgan fingerprint density at radius 3 is 2.44 bits per heavy atom. The van der Waals surface area contributed by atoms with Gasteiger partial charge in [0.1, 0.15) is 0 Å². The zero-order valence-corrected chi connectivity index (χ0v) is 21.3. The SMILES string of the molecule is CN=C(NCC(c1cccc(C)c1)N1CCOCC1)N1CCN(c2ncccn2)CC1.I. The zero-order valence-electron chi connectivity index (χ0n) is 19.0. The van der Waals surface area contributed by atoms with E-state index in [1.54, 1.807) is 12.4 Å². The van der Waals surface area contributed by atoms with Gasteiger partial charge in [-0.1, -0.05) is 29.8 Å². The summed E-state index contributed by atoms with van der Waals surface area (Å²) in [5.41, 5.74) is 2.63. The van der Waals surface area contributed by atoms with Gasteiger partial charge in [-0.25, -0.2) is 9.97 Å². The molecule has 1 aromatic heterocycles. The topological polar surface area (TPSA) is 69.1 Å². The molecule has 174 valence electrons. The van der Waals surface area contributed by atoms with Crippen LogP contribution in [0.3, 0.4) is 0 Å². The van der Waals surface area contributed by atoms with E-state index in [1.807, 2.05) is 13.1 Å². The van der Waals surface area contributed by atoms with E-state index in [-0.39, 0.29) is 24.0 Å². The molecule has 8 nitrogen and oxygen atoms in total. The van der Waals surface area contributed by atoms with Crippen LogP contribution < -0.4 is 10.2 Å². The number of halogens is 1. The third kappa shape index (κ3) is 6.29. The number of hydrogen-bond donors (Lipinski definition) is 1. The van der Waals surface area contributed by atoms with Gasteiger partial charge in [0, 0.05) is 65.3 Å². The quantitative estimate of drug-likeness (QED) is 0.347. The van der Waals surface area contributed by atoms with Gasteiger partial charge in [-0.15, -0.1) is 24.0 Å². The van der Waals surface area contributed by atoms with E-state index in [2.05, 4.69) is 66.2 Å². The van der Waals surface area contributed by atoms with Crippen molar-refractivity contribution in [3.8, 4) is 0 Å². The fourth-order valence-corrected chi connectivity index (χ4v) is 4.32. The number of morpholine rings is 1. The zero-order chi connectivity index (χ0) is 21.5. The van der Waals surface area contributed by atoms with Crippen LogP contribution >= 0.6 is 24.0 Å². The summed E-state index contributed by atoms with van der Waals surface area (Å²) in [5, 5.41) is 3.65. The summed E-state index contributed by atoms with van der Waals surface area (Å²) in [5.74, 6) is 1.76. The first kappa shape index (κ1) is 24.7. The number of aryl methyl sites for hydroxylation is 1. The summed E-state index contributed by atoms with van der Waals surface area (Å²) in [7, 11) is 1.87. The summed E-state index contributed by atoms with van der Waals surface area (Å²) >= 11 is 0. The summed E-state index contributed by atoms with van der Waals surface area (Å²) < 4.78 is 5.59. The van der Waals surface area contributed by atoms with E-state index in [0.717, 1.165) is 70.9 Å². The number of aromatic nitrogens is 2. The number of piperazine rings is 1.